The Hall–Kier alpha value is -5.13. The van der Waals surface area contributed by atoms with E-state index in [1.807, 2.05) is 63.3 Å². The summed E-state index contributed by atoms with van der Waals surface area (Å²) in [6, 6.07) is 6.49. The molecule has 12 unspecified atom stereocenters. The van der Waals surface area contributed by atoms with E-state index in [1.54, 1.807) is 60.7 Å². The SMILES string of the molecule is CC1C=CC=CC=CC=CC=CC=CC=CC(O)CC2OC(O)(CC(O)CC(O)CCCC(=O)CCCC(=O)CC(=O)OC1C(C)CC(C)C(O)CC(=O)c1ccc(N)cc1)CC(O)C2C(=O)O. The van der Waals surface area contributed by atoms with Crippen LogP contribution in [0.5, 0.6) is 0 Å². The van der Waals surface area contributed by atoms with Gasteiger partial charge in [-0.1, -0.05) is 106 Å². The Morgan fingerprint density at radius 1 is 0.765 bits per heavy atom. The fourth-order valence-corrected chi connectivity index (χ4v) is 8.52. The number of carbonyl (C=O) groups excluding carboxylic acids is 4. The molecule has 15 heteroatoms. The highest BCUT2D eigenvalue weighted by atomic mass is 16.6. The largest absolute Gasteiger partial charge is 0.481 e. The van der Waals surface area contributed by atoms with Crippen molar-refractivity contribution in [2.24, 2.45) is 23.7 Å². The number of cyclic esters (lactones) is 1. The van der Waals surface area contributed by atoms with E-state index in [-0.39, 0.29) is 92.9 Å². The quantitative estimate of drug-likeness (QED) is 0.0645. The first-order chi connectivity index (χ1) is 32.3. The Balaban J connectivity index is 1.72. The average Bonchev–Trinajstić information content (AvgIpc) is 3.24. The number of esters is 1. The van der Waals surface area contributed by atoms with Crippen molar-refractivity contribution in [3.63, 3.8) is 0 Å². The van der Waals surface area contributed by atoms with Crippen LogP contribution in [0.15, 0.2) is 109 Å². The van der Waals surface area contributed by atoms with E-state index in [2.05, 4.69) is 0 Å². The molecule has 1 aromatic carbocycles. The molecule has 1 saturated heterocycles. The molecule has 0 radical (unpaired) electrons. The second-order valence-electron chi connectivity index (χ2n) is 18.3. The molecule has 2 bridgehead atoms. The molecule has 68 heavy (non-hydrogen) atoms. The number of fused-ring (bicyclic) bond motifs is 2. The number of benzene rings is 1. The van der Waals surface area contributed by atoms with Gasteiger partial charge in [-0.05, 0) is 68.2 Å². The van der Waals surface area contributed by atoms with Crippen LogP contribution in [0.25, 0.3) is 0 Å². The molecule has 374 valence electrons. The van der Waals surface area contributed by atoms with E-state index in [4.69, 9.17) is 15.2 Å². The Bertz CT molecular complexity index is 1980. The number of carboxylic acid groups (broad SMARTS) is 1. The van der Waals surface area contributed by atoms with Crippen molar-refractivity contribution in [1.82, 2.24) is 0 Å². The molecule has 0 saturated carbocycles. The summed E-state index contributed by atoms with van der Waals surface area (Å²) in [4.78, 5) is 63.7. The molecule has 2 aliphatic heterocycles. The standard InChI is InChI=1S/C53H73NO14/c1-35-18-14-12-10-8-6-4-5-7-9-11-13-15-19-42(57)30-48-50(52(64)65)47(62)34-53(66,68-48)33-44(59)29-41(56)22-16-20-40(55)21-17-23-43(58)31-49(63)67-51(35)37(3)28-36(2)45(60)32-46(61)38-24-26-39(54)27-25-38/h4-15,18-19,24-27,35-37,41-42,44-45,47-48,50-51,56-57,59-60,62,66H,16-17,20-23,28-34,54H2,1-3H3,(H,64,65). The van der Waals surface area contributed by atoms with E-state index in [1.165, 1.54) is 6.08 Å². The third-order valence-electron chi connectivity index (χ3n) is 12.2. The van der Waals surface area contributed by atoms with Gasteiger partial charge in [-0.25, -0.2) is 0 Å². The van der Waals surface area contributed by atoms with E-state index < -0.39 is 85.6 Å². The number of aliphatic hydroxyl groups excluding tert-OH is 5. The van der Waals surface area contributed by atoms with Crippen molar-refractivity contribution in [3.8, 4) is 0 Å². The molecular weight excluding hydrogens is 875 g/mol. The second kappa shape index (κ2) is 29.7. The Labute approximate surface area is 400 Å². The predicted octanol–water partition coefficient (Wildman–Crippen LogP) is 5.98. The fraction of sp³-hybridized carbons (Fsp3) is 0.528. The number of ether oxygens (including phenoxy) is 2. The number of nitrogens with two attached hydrogens (primary N) is 1. The van der Waals surface area contributed by atoms with Crippen LogP contribution in [0.1, 0.15) is 115 Å². The molecule has 12 atom stereocenters. The number of aliphatic carboxylic acids is 1. The summed E-state index contributed by atoms with van der Waals surface area (Å²) in [5.41, 5.74) is 6.72. The van der Waals surface area contributed by atoms with Crippen molar-refractivity contribution < 1.29 is 69.2 Å². The minimum atomic E-state index is -2.15. The van der Waals surface area contributed by atoms with Crippen LogP contribution >= 0.6 is 0 Å². The molecular formula is C53H73NO14. The zero-order valence-electron chi connectivity index (χ0n) is 39.5. The second-order valence-corrected chi connectivity index (χ2v) is 18.3. The topological polar surface area (TPSA) is 271 Å². The monoisotopic (exact) mass is 948 g/mol. The molecule has 0 aromatic heterocycles. The van der Waals surface area contributed by atoms with Crippen molar-refractivity contribution in [1.29, 1.82) is 0 Å². The predicted molar refractivity (Wildman–Crippen MR) is 258 cm³/mol. The molecule has 0 amide bonds. The van der Waals surface area contributed by atoms with Gasteiger partial charge in [0.05, 0.1) is 36.6 Å². The maximum atomic E-state index is 13.2. The number of rotatable bonds is 8. The lowest BCUT2D eigenvalue weighted by Crippen LogP contribution is -2.56. The number of Topliss-reactive ketones (excluding diaryl/α,β-unsaturated/α-hetero) is 3. The summed E-state index contributed by atoms with van der Waals surface area (Å²) in [5.74, 6) is -7.37. The Kier molecular flexibility index (Phi) is 25.0. The summed E-state index contributed by atoms with van der Waals surface area (Å²) in [5, 5.41) is 74.8. The minimum absolute atomic E-state index is 0.0269. The van der Waals surface area contributed by atoms with E-state index in [9.17, 15) is 59.7 Å². The van der Waals surface area contributed by atoms with Crippen molar-refractivity contribution in [2.45, 2.75) is 153 Å². The molecule has 1 fully saturated rings. The molecule has 3 rings (SSSR count). The van der Waals surface area contributed by atoms with Gasteiger partial charge in [0.2, 0.25) is 0 Å². The van der Waals surface area contributed by atoms with Crippen molar-refractivity contribution in [3.05, 3.63) is 115 Å². The van der Waals surface area contributed by atoms with Gasteiger partial charge in [0.15, 0.2) is 11.6 Å². The molecule has 2 heterocycles. The van der Waals surface area contributed by atoms with E-state index in [0.29, 0.717) is 17.7 Å². The van der Waals surface area contributed by atoms with Crippen molar-refractivity contribution in [2.75, 3.05) is 5.73 Å². The number of aliphatic hydroxyl groups is 6. The molecule has 0 spiro atoms. The van der Waals surface area contributed by atoms with Crippen LogP contribution in [-0.4, -0.2) is 114 Å². The number of ketones is 3. The van der Waals surface area contributed by atoms with Crippen LogP contribution in [-0.2, 0) is 28.7 Å². The van der Waals surface area contributed by atoms with Gasteiger partial charge in [-0.2, -0.15) is 0 Å². The summed E-state index contributed by atoms with van der Waals surface area (Å²) >= 11 is 0. The van der Waals surface area contributed by atoms with Gasteiger partial charge < -0.3 is 51.0 Å². The maximum Gasteiger partial charge on any atom is 0.313 e. The van der Waals surface area contributed by atoms with E-state index in [0.717, 1.165) is 0 Å². The van der Waals surface area contributed by atoms with E-state index >= 15 is 0 Å². The smallest absolute Gasteiger partial charge is 0.313 e. The van der Waals surface area contributed by atoms with Crippen molar-refractivity contribution >= 4 is 35.0 Å². The third-order valence-corrected chi connectivity index (χ3v) is 12.2. The third kappa shape index (κ3) is 21.4. The first-order valence-electron chi connectivity index (χ1n) is 23.6. The number of hydrogen-bond acceptors (Lipinski definition) is 14. The zero-order chi connectivity index (χ0) is 50.2. The number of hydrogen-bond donors (Lipinski definition) is 8. The number of nitrogen functional groups attached to an aromatic ring is 1. The molecule has 2 aliphatic rings. The summed E-state index contributed by atoms with van der Waals surface area (Å²) in [7, 11) is 0. The maximum absolute atomic E-state index is 13.2. The lowest BCUT2D eigenvalue weighted by molar-refractivity contribution is -0.300. The minimum Gasteiger partial charge on any atom is -0.481 e. The van der Waals surface area contributed by atoms with Gasteiger partial charge in [-0.15, -0.1) is 0 Å². The highest BCUT2D eigenvalue weighted by Gasteiger charge is 2.50. The van der Waals surface area contributed by atoms with Gasteiger partial charge in [0.25, 0.3) is 0 Å². The lowest BCUT2D eigenvalue weighted by atomic mass is 9.83. The van der Waals surface area contributed by atoms with Crippen LogP contribution in [0.2, 0.25) is 0 Å². The van der Waals surface area contributed by atoms with Crippen LogP contribution in [0, 0.1) is 23.7 Å². The molecule has 9 N–H and O–H groups in total. The molecule has 1 aromatic rings. The van der Waals surface area contributed by atoms with Crippen LogP contribution < -0.4 is 5.73 Å². The fourth-order valence-electron chi connectivity index (χ4n) is 8.52. The Morgan fingerprint density at radius 3 is 1.93 bits per heavy atom. The highest BCUT2D eigenvalue weighted by Crippen LogP contribution is 2.37. The first-order valence-corrected chi connectivity index (χ1v) is 23.6. The molecule has 0 aliphatic carbocycles. The highest BCUT2D eigenvalue weighted by molar-refractivity contribution is 5.97. The lowest BCUT2D eigenvalue weighted by Gasteiger charge is -2.44. The number of carbonyl (C=O) groups is 5. The number of anilines is 1. The number of allylic oxidation sites excluding steroid dienone is 12. The van der Waals surface area contributed by atoms with Gasteiger partial charge in [0, 0.05) is 62.1 Å². The Morgan fingerprint density at radius 2 is 1.32 bits per heavy atom. The normalized spacial score (nSPS) is 29.8. The summed E-state index contributed by atoms with van der Waals surface area (Å²) < 4.78 is 11.7. The zero-order valence-corrected chi connectivity index (χ0v) is 39.5. The summed E-state index contributed by atoms with van der Waals surface area (Å²) in [6.07, 6.45) is 15.5. The summed E-state index contributed by atoms with van der Waals surface area (Å²) in [6.45, 7) is 5.62. The van der Waals surface area contributed by atoms with Crippen LogP contribution in [0.4, 0.5) is 5.69 Å². The van der Waals surface area contributed by atoms with Gasteiger partial charge in [-0.3, -0.25) is 24.0 Å². The van der Waals surface area contributed by atoms with Crippen LogP contribution in [0.3, 0.4) is 0 Å². The number of carboxylic acids is 1. The van der Waals surface area contributed by atoms with Gasteiger partial charge >= 0.3 is 11.9 Å². The average molecular weight is 948 g/mol. The molecule has 15 nitrogen and oxygen atoms in total. The van der Waals surface area contributed by atoms with Gasteiger partial charge in [0.1, 0.15) is 30.0 Å². The first kappa shape index (κ1) is 57.2.